The molecule has 104 valence electrons. The number of carbonyl (C=O) groups is 1. The van der Waals surface area contributed by atoms with Gasteiger partial charge in [0.1, 0.15) is 0 Å². The van der Waals surface area contributed by atoms with Crippen molar-refractivity contribution in [3.8, 4) is 0 Å². The molecule has 3 nitrogen and oxygen atoms in total. The molecule has 0 saturated carbocycles. The number of pyridine rings is 1. The van der Waals surface area contributed by atoms with Crippen molar-refractivity contribution < 1.29 is 4.79 Å². The number of rotatable bonds is 2. The summed E-state index contributed by atoms with van der Waals surface area (Å²) in [6.07, 6.45) is 3.46. The Labute approximate surface area is 123 Å². The minimum atomic E-state index is -0.111. The number of hydrogen-bond donors (Lipinski definition) is 1. The molecule has 0 saturated heterocycles. The molecule has 0 fully saturated rings. The quantitative estimate of drug-likeness (QED) is 0.765. The molecule has 3 aromatic rings. The van der Waals surface area contributed by atoms with Gasteiger partial charge in [-0.3, -0.25) is 9.78 Å². The van der Waals surface area contributed by atoms with Crippen LogP contribution in [-0.4, -0.2) is 10.9 Å². The molecule has 0 spiro atoms. The number of nitrogens with one attached hydrogen (secondary N) is 1. The maximum absolute atomic E-state index is 12.5. The van der Waals surface area contributed by atoms with Crippen molar-refractivity contribution in [1.29, 1.82) is 0 Å². The van der Waals surface area contributed by atoms with E-state index < -0.39 is 0 Å². The first-order valence-corrected chi connectivity index (χ1v) is 6.86. The molecule has 0 aliphatic heterocycles. The average Bonchev–Trinajstić information content (AvgIpc) is 2.49. The third-order valence-corrected chi connectivity index (χ3v) is 3.56. The maximum atomic E-state index is 12.5. The van der Waals surface area contributed by atoms with Gasteiger partial charge in [0.05, 0.1) is 0 Å². The summed E-state index contributed by atoms with van der Waals surface area (Å²) in [5.74, 6) is -0.111. The molecule has 1 N–H and O–H groups in total. The molecular formula is C18H16N2O. The predicted octanol–water partition coefficient (Wildman–Crippen LogP) is 4.10. The van der Waals surface area contributed by atoms with Crippen molar-refractivity contribution in [2.24, 2.45) is 0 Å². The molecular weight excluding hydrogens is 260 g/mol. The van der Waals surface area contributed by atoms with Crippen LogP contribution in [0.1, 0.15) is 21.5 Å². The van der Waals surface area contributed by atoms with Crippen LogP contribution in [0.25, 0.3) is 10.8 Å². The fourth-order valence-corrected chi connectivity index (χ4v) is 2.45. The first kappa shape index (κ1) is 13.3. The van der Waals surface area contributed by atoms with Gasteiger partial charge in [-0.15, -0.1) is 0 Å². The van der Waals surface area contributed by atoms with Crippen LogP contribution in [0.15, 0.2) is 54.9 Å². The van der Waals surface area contributed by atoms with Gasteiger partial charge in [0.15, 0.2) is 0 Å². The summed E-state index contributed by atoms with van der Waals surface area (Å²) in [7, 11) is 0. The lowest BCUT2D eigenvalue weighted by Gasteiger charge is -2.10. The Morgan fingerprint density at radius 2 is 1.95 bits per heavy atom. The predicted molar refractivity (Wildman–Crippen MR) is 85.6 cm³/mol. The third-order valence-electron chi connectivity index (χ3n) is 3.56. The molecule has 1 heterocycles. The van der Waals surface area contributed by atoms with Gasteiger partial charge in [-0.25, -0.2) is 0 Å². The van der Waals surface area contributed by atoms with Gasteiger partial charge in [0, 0.05) is 29.0 Å². The molecule has 0 aliphatic rings. The molecule has 0 atom stereocenters. The first-order chi connectivity index (χ1) is 10.1. The number of amides is 1. The molecule has 0 aliphatic carbocycles. The smallest absolute Gasteiger partial charge is 0.256 e. The highest BCUT2D eigenvalue weighted by Crippen LogP contribution is 2.21. The number of aryl methyl sites for hydroxylation is 2. The number of carbonyl (C=O) groups excluding carboxylic acids is 1. The van der Waals surface area contributed by atoms with E-state index in [9.17, 15) is 4.79 Å². The summed E-state index contributed by atoms with van der Waals surface area (Å²) in [6, 6.07) is 13.6. The van der Waals surface area contributed by atoms with E-state index in [2.05, 4.69) is 16.4 Å². The lowest BCUT2D eigenvalue weighted by molar-refractivity contribution is 0.102. The summed E-state index contributed by atoms with van der Waals surface area (Å²) in [6.45, 7) is 4.03. The lowest BCUT2D eigenvalue weighted by Crippen LogP contribution is -2.13. The van der Waals surface area contributed by atoms with Crippen LogP contribution < -0.4 is 5.32 Å². The number of anilines is 1. The zero-order valence-corrected chi connectivity index (χ0v) is 12.1. The normalized spacial score (nSPS) is 10.6. The Balaban J connectivity index is 1.97. The molecule has 2 aromatic carbocycles. The van der Waals surface area contributed by atoms with Gasteiger partial charge in [-0.2, -0.15) is 0 Å². The Morgan fingerprint density at radius 1 is 1.10 bits per heavy atom. The van der Waals surface area contributed by atoms with Crippen LogP contribution >= 0.6 is 0 Å². The molecule has 3 heteroatoms. The molecule has 1 aromatic heterocycles. The van der Waals surface area contributed by atoms with E-state index in [0.29, 0.717) is 5.56 Å². The Morgan fingerprint density at radius 3 is 2.76 bits per heavy atom. The lowest BCUT2D eigenvalue weighted by atomic mass is 10.1. The number of fused-ring (bicyclic) bond motifs is 1. The second-order valence-electron chi connectivity index (χ2n) is 5.17. The van der Waals surface area contributed by atoms with Gasteiger partial charge in [-0.1, -0.05) is 29.8 Å². The van der Waals surface area contributed by atoms with Gasteiger partial charge in [-0.05, 0) is 43.0 Å². The molecule has 21 heavy (non-hydrogen) atoms. The molecule has 0 radical (unpaired) electrons. The number of hydrogen-bond acceptors (Lipinski definition) is 2. The molecule has 0 unspecified atom stereocenters. The van der Waals surface area contributed by atoms with Gasteiger partial charge >= 0.3 is 0 Å². The number of benzene rings is 2. The monoisotopic (exact) mass is 276 g/mol. The summed E-state index contributed by atoms with van der Waals surface area (Å²) in [5, 5.41) is 4.85. The van der Waals surface area contributed by atoms with Crippen molar-refractivity contribution in [2.75, 3.05) is 5.32 Å². The Hall–Kier alpha value is -2.68. The largest absolute Gasteiger partial charge is 0.322 e. The van der Waals surface area contributed by atoms with Crippen molar-refractivity contribution in [3.05, 3.63) is 71.5 Å². The molecule has 1 amide bonds. The van der Waals surface area contributed by atoms with Crippen molar-refractivity contribution in [2.45, 2.75) is 13.8 Å². The fourth-order valence-electron chi connectivity index (χ4n) is 2.45. The van der Waals surface area contributed by atoms with Crippen LogP contribution in [0.5, 0.6) is 0 Å². The van der Waals surface area contributed by atoms with E-state index in [0.717, 1.165) is 22.0 Å². The highest BCUT2D eigenvalue weighted by molar-refractivity contribution is 6.12. The van der Waals surface area contributed by atoms with Crippen molar-refractivity contribution in [1.82, 2.24) is 4.98 Å². The van der Waals surface area contributed by atoms with Gasteiger partial charge < -0.3 is 5.32 Å². The van der Waals surface area contributed by atoms with Gasteiger partial charge in [0.2, 0.25) is 0 Å². The van der Waals surface area contributed by atoms with Crippen LogP contribution in [0.3, 0.4) is 0 Å². The van der Waals surface area contributed by atoms with E-state index in [1.165, 1.54) is 5.56 Å². The summed E-state index contributed by atoms with van der Waals surface area (Å²) >= 11 is 0. The van der Waals surface area contributed by atoms with E-state index >= 15 is 0 Å². The third kappa shape index (κ3) is 2.63. The molecule has 0 bridgehead atoms. The van der Waals surface area contributed by atoms with Crippen LogP contribution in [-0.2, 0) is 0 Å². The van der Waals surface area contributed by atoms with Crippen LogP contribution in [0.4, 0.5) is 5.69 Å². The van der Waals surface area contributed by atoms with E-state index in [-0.39, 0.29) is 5.91 Å². The molecule has 3 rings (SSSR count). The number of aromatic nitrogens is 1. The fraction of sp³-hybridized carbons (Fsp3) is 0.111. The van der Waals surface area contributed by atoms with Gasteiger partial charge in [0.25, 0.3) is 5.91 Å². The average molecular weight is 276 g/mol. The zero-order valence-electron chi connectivity index (χ0n) is 12.1. The Bertz CT molecular complexity index is 819. The summed E-state index contributed by atoms with van der Waals surface area (Å²) < 4.78 is 0. The topological polar surface area (TPSA) is 42.0 Å². The standard InChI is InChI=1S/C18H16N2O/c1-12-6-7-17(13(2)10-12)20-18(21)15-5-3-4-14-8-9-19-11-16(14)15/h3-11H,1-2H3,(H,20,21). The van der Waals surface area contributed by atoms with Crippen molar-refractivity contribution in [3.63, 3.8) is 0 Å². The Kier molecular flexibility index (Phi) is 3.40. The maximum Gasteiger partial charge on any atom is 0.256 e. The van der Waals surface area contributed by atoms with E-state index in [1.54, 1.807) is 12.4 Å². The highest BCUT2D eigenvalue weighted by atomic mass is 16.1. The van der Waals surface area contributed by atoms with Crippen LogP contribution in [0.2, 0.25) is 0 Å². The second-order valence-corrected chi connectivity index (χ2v) is 5.17. The first-order valence-electron chi connectivity index (χ1n) is 6.86. The zero-order chi connectivity index (χ0) is 14.8. The van der Waals surface area contributed by atoms with E-state index in [1.807, 2.05) is 50.2 Å². The second kappa shape index (κ2) is 5.37. The minimum absolute atomic E-state index is 0.111. The number of nitrogens with zero attached hydrogens (tertiary/aromatic N) is 1. The van der Waals surface area contributed by atoms with E-state index in [4.69, 9.17) is 0 Å². The van der Waals surface area contributed by atoms with Crippen LogP contribution in [0, 0.1) is 13.8 Å². The highest BCUT2D eigenvalue weighted by Gasteiger charge is 2.11. The van der Waals surface area contributed by atoms with Crippen molar-refractivity contribution >= 4 is 22.4 Å². The SMILES string of the molecule is Cc1ccc(NC(=O)c2cccc3ccncc23)c(C)c1. The summed E-state index contributed by atoms with van der Waals surface area (Å²) in [4.78, 5) is 16.6. The minimum Gasteiger partial charge on any atom is -0.322 e. The summed E-state index contributed by atoms with van der Waals surface area (Å²) in [5.41, 5.74) is 3.72.